The Labute approximate surface area is 141 Å². The number of nitrogens with two attached hydrogens (primary N) is 1. The van der Waals surface area contributed by atoms with Crippen molar-refractivity contribution >= 4 is 45.0 Å². The Morgan fingerprint density at radius 2 is 2.22 bits per heavy atom. The number of methoxy groups -OCH3 is 1. The molecule has 0 spiro atoms. The van der Waals surface area contributed by atoms with Gasteiger partial charge in [-0.15, -0.1) is 11.8 Å². The number of nitrogens with zero attached hydrogens (tertiary/aromatic N) is 1. The molecule has 1 heterocycles. The van der Waals surface area contributed by atoms with E-state index in [9.17, 15) is 9.59 Å². The van der Waals surface area contributed by atoms with Crippen molar-refractivity contribution in [2.45, 2.75) is 4.90 Å². The van der Waals surface area contributed by atoms with Gasteiger partial charge in [0.15, 0.2) is 10.8 Å². The van der Waals surface area contributed by atoms with Gasteiger partial charge in [-0.1, -0.05) is 17.4 Å². The third kappa shape index (κ3) is 4.60. The molecule has 0 saturated carbocycles. The first-order chi connectivity index (χ1) is 11.0. The van der Waals surface area contributed by atoms with Crippen LogP contribution in [0.5, 0.6) is 5.75 Å². The van der Waals surface area contributed by atoms with Crippen molar-refractivity contribution in [2.24, 2.45) is 5.73 Å². The van der Waals surface area contributed by atoms with Gasteiger partial charge in [0.1, 0.15) is 10.8 Å². The van der Waals surface area contributed by atoms with E-state index in [0.29, 0.717) is 10.1 Å². The molecule has 0 radical (unpaired) electrons. The smallest absolute Gasteiger partial charge is 0.270 e. The third-order valence-corrected chi connectivity index (χ3v) is 4.72. The van der Waals surface area contributed by atoms with Crippen molar-refractivity contribution < 1.29 is 14.3 Å². The molecule has 1 aromatic heterocycles. The van der Waals surface area contributed by atoms with Gasteiger partial charge in [0.25, 0.3) is 5.91 Å². The van der Waals surface area contributed by atoms with E-state index >= 15 is 0 Å². The Morgan fingerprint density at radius 3 is 2.87 bits per heavy atom. The van der Waals surface area contributed by atoms with E-state index in [-0.39, 0.29) is 17.4 Å². The van der Waals surface area contributed by atoms with Crippen LogP contribution in [0, 0.1) is 0 Å². The lowest BCUT2D eigenvalue weighted by Gasteiger charge is -2.05. The molecule has 9 heteroatoms. The van der Waals surface area contributed by atoms with Crippen LogP contribution in [0.15, 0.2) is 29.2 Å². The summed E-state index contributed by atoms with van der Waals surface area (Å²) in [5.41, 5.74) is 5.32. The Kier molecular flexibility index (Phi) is 5.83. The summed E-state index contributed by atoms with van der Waals surface area (Å²) in [5.74, 6) is -0.00399. The topological polar surface area (TPSA) is 106 Å². The van der Waals surface area contributed by atoms with Crippen molar-refractivity contribution in [3.63, 3.8) is 0 Å². The molecule has 7 nitrogen and oxygen atoms in total. The molecule has 2 amide bonds. The molecule has 2 rings (SSSR count). The van der Waals surface area contributed by atoms with Crippen molar-refractivity contribution in [3.8, 4) is 5.75 Å². The van der Waals surface area contributed by atoms with Crippen LogP contribution in [0.4, 0.5) is 10.1 Å². The average molecular weight is 352 g/mol. The second-order valence-electron chi connectivity index (χ2n) is 4.33. The van der Waals surface area contributed by atoms with E-state index in [4.69, 9.17) is 10.5 Å². The minimum absolute atomic E-state index is 0.0547. The molecule has 1 aromatic carbocycles. The van der Waals surface area contributed by atoms with Gasteiger partial charge in [0, 0.05) is 11.9 Å². The fraction of sp³-hybridized carbons (Fsp3) is 0.214. The first-order valence-corrected chi connectivity index (χ1v) is 8.38. The van der Waals surface area contributed by atoms with Crippen LogP contribution in [0.25, 0.3) is 0 Å². The van der Waals surface area contributed by atoms with Crippen molar-refractivity contribution in [3.05, 3.63) is 30.0 Å². The van der Waals surface area contributed by atoms with Crippen LogP contribution in [0.3, 0.4) is 0 Å². The SMILES string of the molecule is CNc1nc(C(N)=O)c(NC(=O)CSc2cccc(OC)c2)s1. The van der Waals surface area contributed by atoms with Crippen molar-refractivity contribution in [2.75, 3.05) is 30.5 Å². The monoisotopic (exact) mass is 352 g/mol. The maximum Gasteiger partial charge on any atom is 0.270 e. The van der Waals surface area contributed by atoms with Gasteiger partial charge in [0.2, 0.25) is 5.91 Å². The molecule has 0 bridgehead atoms. The summed E-state index contributed by atoms with van der Waals surface area (Å²) in [4.78, 5) is 28.3. The number of hydrogen-bond donors (Lipinski definition) is 3. The van der Waals surface area contributed by atoms with Crippen LogP contribution in [0.2, 0.25) is 0 Å². The van der Waals surface area contributed by atoms with E-state index in [0.717, 1.165) is 22.0 Å². The zero-order valence-corrected chi connectivity index (χ0v) is 14.2. The lowest BCUT2D eigenvalue weighted by molar-refractivity contribution is -0.113. The predicted molar refractivity (Wildman–Crippen MR) is 92.5 cm³/mol. The fourth-order valence-electron chi connectivity index (χ4n) is 1.68. The molecule has 0 atom stereocenters. The molecule has 0 aliphatic heterocycles. The van der Waals surface area contributed by atoms with Gasteiger partial charge in [-0.2, -0.15) is 0 Å². The fourth-order valence-corrected chi connectivity index (χ4v) is 3.27. The summed E-state index contributed by atoms with van der Waals surface area (Å²) in [6.07, 6.45) is 0. The molecule has 122 valence electrons. The second kappa shape index (κ2) is 7.84. The Hall–Kier alpha value is -2.26. The van der Waals surface area contributed by atoms with E-state index < -0.39 is 5.91 Å². The number of ether oxygens (including phenoxy) is 1. The highest BCUT2D eigenvalue weighted by Gasteiger charge is 2.17. The number of thiazole rings is 1. The zero-order chi connectivity index (χ0) is 16.8. The molecule has 23 heavy (non-hydrogen) atoms. The van der Waals surface area contributed by atoms with Crippen molar-refractivity contribution in [1.29, 1.82) is 0 Å². The van der Waals surface area contributed by atoms with Gasteiger partial charge in [-0.05, 0) is 18.2 Å². The molecule has 0 aliphatic carbocycles. The number of benzene rings is 1. The molecule has 4 N–H and O–H groups in total. The van der Waals surface area contributed by atoms with Gasteiger partial charge < -0.3 is 21.1 Å². The first-order valence-electron chi connectivity index (χ1n) is 6.58. The normalized spacial score (nSPS) is 10.2. The van der Waals surface area contributed by atoms with Gasteiger partial charge in [0.05, 0.1) is 12.9 Å². The Morgan fingerprint density at radius 1 is 1.43 bits per heavy atom. The number of aromatic nitrogens is 1. The third-order valence-electron chi connectivity index (χ3n) is 2.74. The minimum Gasteiger partial charge on any atom is -0.497 e. The predicted octanol–water partition coefficient (Wildman–Crippen LogP) is 2.02. The number of nitrogens with one attached hydrogen (secondary N) is 2. The Balaban J connectivity index is 1.99. The summed E-state index contributed by atoms with van der Waals surface area (Å²) in [5, 5.41) is 6.34. The highest BCUT2D eigenvalue weighted by Crippen LogP contribution is 2.28. The molecule has 0 saturated heterocycles. The van der Waals surface area contributed by atoms with Gasteiger partial charge >= 0.3 is 0 Å². The van der Waals surface area contributed by atoms with Crippen LogP contribution >= 0.6 is 23.1 Å². The standard InChI is InChI=1S/C14H16N4O3S2/c1-16-14-18-11(12(15)20)13(23-14)17-10(19)7-22-9-5-3-4-8(6-9)21-2/h3-6H,7H2,1-2H3,(H2,15,20)(H,16,18)(H,17,19). The van der Waals surface area contributed by atoms with Crippen LogP contribution in [-0.4, -0.2) is 36.7 Å². The number of carbonyl (C=O) groups excluding carboxylic acids is 2. The van der Waals surface area contributed by atoms with Crippen LogP contribution < -0.4 is 21.1 Å². The van der Waals surface area contributed by atoms with Gasteiger partial charge in [-0.25, -0.2) is 4.98 Å². The summed E-state index contributed by atoms with van der Waals surface area (Å²) in [6, 6.07) is 7.42. The van der Waals surface area contributed by atoms with E-state index in [1.165, 1.54) is 11.8 Å². The number of hydrogen-bond acceptors (Lipinski definition) is 7. The van der Waals surface area contributed by atoms with E-state index in [2.05, 4.69) is 15.6 Å². The van der Waals surface area contributed by atoms with Crippen LogP contribution in [0.1, 0.15) is 10.5 Å². The highest BCUT2D eigenvalue weighted by atomic mass is 32.2. The summed E-state index contributed by atoms with van der Waals surface area (Å²) < 4.78 is 5.14. The molecule has 2 aromatic rings. The molecule has 0 aliphatic rings. The first kappa shape index (κ1) is 17.1. The maximum absolute atomic E-state index is 12.1. The lowest BCUT2D eigenvalue weighted by Crippen LogP contribution is -2.18. The molecular weight excluding hydrogens is 336 g/mol. The lowest BCUT2D eigenvalue weighted by atomic mass is 10.3. The summed E-state index contributed by atoms with van der Waals surface area (Å²) >= 11 is 2.52. The zero-order valence-electron chi connectivity index (χ0n) is 12.6. The number of carbonyl (C=O) groups is 2. The molecular formula is C14H16N4O3S2. The molecule has 0 unspecified atom stereocenters. The highest BCUT2D eigenvalue weighted by molar-refractivity contribution is 8.00. The maximum atomic E-state index is 12.1. The number of primary amides is 1. The summed E-state index contributed by atoms with van der Waals surface area (Å²) in [6.45, 7) is 0. The van der Waals surface area contributed by atoms with E-state index in [1.54, 1.807) is 14.2 Å². The number of anilines is 2. The Bertz CT molecular complexity index is 718. The second-order valence-corrected chi connectivity index (χ2v) is 6.37. The number of amides is 2. The van der Waals surface area contributed by atoms with Crippen molar-refractivity contribution in [1.82, 2.24) is 4.98 Å². The molecule has 0 fully saturated rings. The number of rotatable bonds is 7. The number of thioether (sulfide) groups is 1. The average Bonchev–Trinajstić information content (AvgIpc) is 2.96. The minimum atomic E-state index is -0.682. The van der Waals surface area contributed by atoms with Gasteiger partial charge in [-0.3, -0.25) is 9.59 Å². The van der Waals surface area contributed by atoms with Crippen LogP contribution in [-0.2, 0) is 4.79 Å². The van der Waals surface area contributed by atoms with E-state index in [1.807, 2.05) is 24.3 Å². The quantitative estimate of drug-likeness (QED) is 0.658. The largest absolute Gasteiger partial charge is 0.497 e. The summed E-state index contributed by atoms with van der Waals surface area (Å²) in [7, 11) is 3.26.